The number of benzene rings is 1. The van der Waals surface area contributed by atoms with Crippen LogP contribution >= 0.6 is 0 Å². The zero-order chi connectivity index (χ0) is 15.6. The Hall–Kier alpha value is -2.39. The summed E-state index contributed by atoms with van der Waals surface area (Å²) < 4.78 is 5.14. The highest BCUT2D eigenvalue weighted by molar-refractivity contribution is 5.96. The lowest BCUT2D eigenvalue weighted by Gasteiger charge is -2.20. The molecule has 0 radical (unpaired) electrons. The maximum absolute atomic E-state index is 11.3. The van der Waals surface area contributed by atoms with Crippen LogP contribution in [0.2, 0.25) is 0 Å². The van der Waals surface area contributed by atoms with Gasteiger partial charge in [-0.1, -0.05) is 0 Å². The number of hydrogen-bond donors (Lipinski definition) is 4. The van der Waals surface area contributed by atoms with Crippen LogP contribution in [-0.2, 0) is 4.79 Å². The van der Waals surface area contributed by atoms with Crippen LogP contribution in [0.15, 0.2) is 12.1 Å². The molecule has 2 rings (SSSR count). The molecule has 2 unspecified atom stereocenters. The summed E-state index contributed by atoms with van der Waals surface area (Å²) in [4.78, 5) is 21.8. The van der Waals surface area contributed by atoms with E-state index in [0.717, 1.165) is 0 Å². The molecule has 1 aromatic rings. The van der Waals surface area contributed by atoms with Gasteiger partial charge in [0.15, 0.2) is 12.4 Å². The number of anilines is 2. The number of fused-ring (bicyclic) bond motifs is 1. The fourth-order valence-corrected chi connectivity index (χ4v) is 1.81. The van der Waals surface area contributed by atoms with Crippen molar-refractivity contribution in [3.05, 3.63) is 22.2 Å². The number of rotatable bonds is 5. The summed E-state index contributed by atoms with van der Waals surface area (Å²) in [7, 11) is 0. The van der Waals surface area contributed by atoms with Crippen molar-refractivity contribution in [3.8, 4) is 5.75 Å². The van der Waals surface area contributed by atoms with Gasteiger partial charge >= 0.3 is 0 Å². The van der Waals surface area contributed by atoms with E-state index in [1.807, 2.05) is 0 Å². The molecule has 0 saturated heterocycles. The van der Waals surface area contributed by atoms with Gasteiger partial charge < -0.3 is 26.2 Å². The highest BCUT2D eigenvalue weighted by Crippen LogP contribution is 2.37. The first-order chi connectivity index (χ1) is 9.88. The SMILES string of the molecule is CC(O)C(N)CNc1cc2c(cc1[N+](=O)[O-])OCC(=O)N2. The summed E-state index contributed by atoms with van der Waals surface area (Å²) >= 11 is 0. The summed E-state index contributed by atoms with van der Waals surface area (Å²) in [6, 6.07) is 2.08. The Morgan fingerprint density at radius 1 is 1.62 bits per heavy atom. The number of carbonyl (C=O) groups is 1. The van der Waals surface area contributed by atoms with Crippen LogP contribution in [0.4, 0.5) is 17.1 Å². The van der Waals surface area contributed by atoms with Gasteiger partial charge in [0.1, 0.15) is 5.69 Å². The van der Waals surface area contributed by atoms with Gasteiger partial charge in [-0.05, 0) is 13.0 Å². The quantitative estimate of drug-likeness (QED) is 0.444. The largest absolute Gasteiger partial charge is 0.481 e. The first kappa shape index (κ1) is 15.0. The molecule has 114 valence electrons. The standard InChI is InChI=1S/C12H16N4O5/c1-6(17)7(13)4-14-8-2-9-11(3-10(8)16(19)20)21-5-12(18)15-9/h2-3,6-7,14,17H,4-5,13H2,1H3,(H,15,18). The number of nitro groups is 1. The molecule has 0 spiro atoms. The predicted molar refractivity (Wildman–Crippen MR) is 75.4 cm³/mol. The molecule has 0 saturated carbocycles. The van der Waals surface area contributed by atoms with Gasteiger partial charge in [-0.15, -0.1) is 0 Å². The Bertz CT molecular complexity index is 575. The van der Waals surface area contributed by atoms with E-state index < -0.39 is 17.1 Å². The molecule has 0 fully saturated rings. The molecule has 0 bridgehead atoms. The third-order valence-electron chi connectivity index (χ3n) is 3.08. The number of hydrogen-bond acceptors (Lipinski definition) is 7. The van der Waals surface area contributed by atoms with E-state index in [1.54, 1.807) is 0 Å². The third-order valence-corrected chi connectivity index (χ3v) is 3.08. The number of amides is 1. The fraction of sp³-hybridized carbons (Fsp3) is 0.417. The zero-order valence-electron chi connectivity index (χ0n) is 11.3. The second-order valence-corrected chi connectivity index (χ2v) is 4.74. The van der Waals surface area contributed by atoms with Gasteiger partial charge in [-0.3, -0.25) is 14.9 Å². The number of aliphatic hydroxyl groups excluding tert-OH is 1. The molecule has 1 heterocycles. The lowest BCUT2D eigenvalue weighted by molar-refractivity contribution is -0.384. The smallest absolute Gasteiger partial charge is 0.296 e. The molecule has 0 aromatic heterocycles. The Kier molecular flexibility index (Phi) is 4.24. The van der Waals surface area contributed by atoms with Gasteiger partial charge in [-0.25, -0.2) is 0 Å². The molecule has 5 N–H and O–H groups in total. The molecule has 2 atom stereocenters. The number of nitro benzene ring substituents is 1. The van der Waals surface area contributed by atoms with Crippen molar-refractivity contribution < 1.29 is 19.6 Å². The second kappa shape index (κ2) is 5.94. The number of ether oxygens (including phenoxy) is 1. The van der Waals surface area contributed by atoms with Crippen molar-refractivity contribution in [2.75, 3.05) is 23.8 Å². The highest BCUT2D eigenvalue weighted by atomic mass is 16.6. The fourth-order valence-electron chi connectivity index (χ4n) is 1.81. The number of nitrogens with zero attached hydrogens (tertiary/aromatic N) is 1. The Labute approximate surface area is 120 Å². The maximum atomic E-state index is 11.3. The predicted octanol–water partition coefficient (Wildman–Crippen LogP) is 0.0457. The van der Waals surface area contributed by atoms with Crippen LogP contribution in [0.25, 0.3) is 0 Å². The first-order valence-electron chi connectivity index (χ1n) is 6.31. The third kappa shape index (κ3) is 3.38. The van der Waals surface area contributed by atoms with E-state index in [9.17, 15) is 20.0 Å². The summed E-state index contributed by atoms with van der Waals surface area (Å²) in [5.74, 6) is -0.0883. The van der Waals surface area contributed by atoms with Crippen LogP contribution in [-0.4, -0.2) is 41.2 Å². The van der Waals surface area contributed by atoms with Gasteiger partial charge in [-0.2, -0.15) is 0 Å². The average molecular weight is 296 g/mol. The van der Waals surface area contributed by atoms with Gasteiger partial charge in [0, 0.05) is 12.6 Å². The molecule has 21 heavy (non-hydrogen) atoms. The van der Waals surface area contributed by atoms with Gasteiger partial charge in [0.25, 0.3) is 11.6 Å². The van der Waals surface area contributed by atoms with E-state index in [-0.39, 0.29) is 36.2 Å². The van der Waals surface area contributed by atoms with Crippen LogP contribution in [0.3, 0.4) is 0 Å². The van der Waals surface area contributed by atoms with Crippen molar-refractivity contribution in [3.63, 3.8) is 0 Å². The van der Waals surface area contributed by atoms with E-state index >= 15 is 0 Å². The summed E-state index contributed by atoms with van der Waals surface area (Å²) in [6.07, 6.45) is -0.753. The van der Waals surface area contributed by atoms with E-state index in [1.165, 1.54) is 19.1 Å². The van der Waals surface area contributed by atoms with Crippen LogP contribution in [0, 0.1) is 10.1 Å². The minimum absolute atomic E-state index is 0.145. The summed E-state index contributed by atoms with van der Waals surface area (Å²) in [5.41, 5.74) is 6.03. The topological polar surface area (TPSA) is 140 Å². The molecule has 1 amide bonds. The lowest BCUT2D eigenvalue weighted by Crippen LogP contribution is -2.38. The zero-order valence-corrected chi connectivity index (χ0v) is 11.3. The van der Waals surface area contributed by atoms with E-state index in [0.29, 0.717) is 5.69 Å². The van der Waals surface area contributed by atoms with E-state index in [4.69, 9.17) is 10.5 Å². The summed E-state index contributed by atoms with van der Waals surface area (Å²) in [6.45, 7) is 1.50. The Morgan fingerprint density at radius 2 is 2.33 bits per heavy atom. The number of nitrogens with one attached hydrogen (secondary N) is 2. The minimum atomic E-state index is -0.753. The van der Waals surface area contributed by atoms with Gasteiger partial charge in [0.05, 0.1) is 22.8 Å². The number of nitrogens with two attached hydrogens (primary N) is 1. The van der Waals surface area contributed by atoms with Crippen molar-refractivity contribution in [1.82, 2.24) is 0 Å². The minimum Gasteiger partial charge on any atom is -0.481 e. The molecule has 1 aliphatic rings. The Morgan fingerprint density at radius 3 is 2.95 bits per heavy atom. The molecule has 1 aliphatic heterocycles. The highest BCUT2D eigenvalue weighted by Gasteiger charge is 2.24. The van der Waals surface area contributed by atoms with Crippen LogP contribution in [0.1, 0.15) is 6.92 Å². The van der Waals surface area contributed by atoms with Crippen molar-refractivity contribution in [2.45, 2.75) is 19.1 Å². The van der Waals surface area contributed by atoms with Crippen molar-refractivity contribution in [1.29, 1.82) is 0 Å². The molecule has 9 heteroatoms. The van der Waals surface area contributed by atoms with Crippen molar-refractivity contribution >= 4 is 23.0 Å². The Balaban J connectivity index is 2.28. The van der Waals surface area contributed by atoms with E-state index in [2.05, 4.69) is 10.6 Å². The van der Waals surface area contributed by atoms with Crippen LogP contribution < -0.4 is 21.1 Å². The normalized spacial score (nSPS) is 16.2. The summed E-state index contributed by atoms with van der Waals surface area (Å²) in [5, 5.41) is 25.8. The monoisotopic (exact) mass is 296 g/mol. The molecule has 9 nitrogen and oxygen atoms in total. The average Bonchev–Trinajstić information content (AvgIpc) is 2.43. The number of carbonyl (C=O) groups excluding carboxylic acids is 1. The molecule has 1 aromatic carbocycles. The molecular formula is C12H16N4O5. The van der Waals surface area contributed by atoms with Crippen LogP contribution in [0.5, 0.6) is 5.75 Å². The molecular weight excluding hydrogens is 280 g/mol. The second-order valence-electron chi connectivity index (χ2n) is 4.74. The number of aliphatic hydroxyl groups is 1. The van der Waals surface area contributed by atoms with Gasteiger partial charge in [0.2, 0.25) is 0 Å². The first-order valence-corrected chi connectivity index (χ1v) is 6.31. The molecule has 0 aliphatic carbocycles. The maximum Gasteiger partial charge on any atom is 0.296 e. The lowest BCUT2D eigenvalue weighted by atomic mass is 10.1. The van der Waals surface area contributed by atoms with Crippen molar-refractivity contribution in [2.24, 2.45) is 5.73 Å².